The van der Waals surface area contributed by atoms with Crippen molar-refractivity contribution in [3.63, 3.8) is 0 Å². The summed E-state index contributed by atoms with van der Waals surface area (Å²) in [6.07, 6.45) is 0. The molecule has 6 heteroatoms. The smallest absolute Gasteiger partial charge is 0.258 e. The molecule has 2 N–H and O–H groups in total. The van der Waals surface area contributed by atoms with Gasteiger partial charge < -0.3 is 14.8 Å². The number of benzene rings is 2. The van der Waals surface area contributed by atoms with Gasteiger partial charge >= 0.3 is 0 Å². The Kier molecular flexibility index (Phi) is 3.34. The van der Waals surface area contributed by atoms with E-state index < -0.39 is 0 Å². The molecular weight excluding hydrogens is 294 g/mol. The minimum absolute atomic E-state index is 0.0231. The van der Waals surface area contributed by atoms with Crippen LogP contribution in [0.5, 0.6) is 11.5 Å². The lowest BCUT2D eigenvalue weighted by Gasteiger charge is -2.11. The lowest BCUT2D eigenvalue weighted by atomic mass is 10.1. The lowest BCUT2D eigenvalue weighted by molar-refractivity contribution is -0.123. The second kappa shape index (κ2) is 5.64. The van der Waals surface area contributed by atoms with Gasteiger partial charge in [-0.1, -0.05) is 12.1 Å². The molecule has 4 rings (SSSR count). The summed E-state index contributed by atoms with van der Waals surface area (Å²) in [5.74, 6) is 1.21. The number of carbonyl (C=O) groups excluding carboxylic acids is 1. The zero-order chi connectivity index (χ0) is 15.6. The highest BCUT2D eigenvalue weighted by molar-refractivity contribution is 5.94. The molecule has 0 saturated heterocycles. The summed E-state index contributed by atoms with van der Waals surface area (Å²) >= 11 is 0. The molecule has 0 fully saturated rings. The quantitative estimate of drug-likeness (QED) is 0.667. The van der Waals surface area contributed by atoms with Crippen molar-refractivity contribution in [2.75, 3.05) is 19.8 Å². The van der Waals surface area contributed by atoms with Crippen LogP contribution in [0, 0.1) is 0 Å². The van der Waals surface area contributed by atoms with Gasteiger partial charge in [-0.05, 0) is 30.3 Å². The molecule has 0 radical (unpaired) electrons. The molecule has 1 amide bonds. The highest BCUT2D eigenvalue weighted by Gasteiger charge is 2.12. The molecule has 23 heavy (non-hydrogen) atoms. The fraction of sp³-hybridized carbons (Fsp3) is 0.176. The van der Waals surface area contributed by atoms with Crippen LogP contribution in [0.4, 0.5) is 0 Å². The number of aromatic amines is 1. The molecule has 0 unspecified atom stereocenters. The van der Waals surface area contributed by atoms with Gasteiger partial charge in [0.05, 0.1) is 12.1 Å². The standard InChI is InChI=1S/C17H15N3O3/c21-16-10-23-12-3-1-2-11(8-12)17-14-9-13(22-7-6-18-16)4-5-15(14)19-20-17/h1-5,8-9H,6-7,10H2,(H,18,21)(H,19,20). The van der Waals surface area contributed by atoms with E-state index in [-0.39, 0.29) is 12.5 Å². The van der Waals surface area contributed by atoms with E-state index in [1.165, 1.54) is 0 Å². The van der Waals surface area contributed by atoms with Crippen molar-refractivity contribution in [2.24, 2.45) is 0 Å². The van der Waals surface area contributed by atoms with E-state index in [1.807, 2.05) is 42.5 Å². The summed E-state index contributed by atoms with van der Waals surface area (Å²) in [7, 11) is 0. The average Bonchev–Trinajstić information content (AvgIpc) is 3.00. The van der Waals surface area contributed by atoms with Gasteiger partial charge in [0, 0.05) is 10.9 Å². The monoisotopic (exact) mass is 309 g/mol. The van der Waals surface area contributed by atoms with Crippen LogP contribution in [-0.4, -0.2) is 35.9 Å². The van der Waals surface area contributed by atoms with Crippen molar-refractivity contribution < 1.29 is 14.3 Å². The van der Waals surface area contributed by atoms with Crippen LogP contribution in [0.1, 0.15) is 0 Å². The Morgan fingerprint density at radius 3 is 2.91 bits per heavy atom. The Hall–Kier alpha value is -3.02. The average molecular weight is 309 g/mol. The van der Waals surface area contributed by atoms with Gasteiger partial charge in [-0.25, -0.2) is 0 Å². The van der Waals surface area contributed by atoms with Crippen LogP contribution in [0.25, 0.3) is 22.2 Å². The number of aromatic nitrogens is 2. The van der Waals surface area contributed by atoms with Crippen LogP contribution in [-0.2, 0) is 4.79 Å². The first-order valence-corrected chi connectivity index (χ1v) is 7.40. The predicted octanol–water partition coefficient (Wildman–Crippen LogP) is 2.12. The summed E-state index contributed by atoms with van der Waals surface area (Å²) in [6.45, 7) is 0.805. The van der Waals surface area contributed by atoms with E-state index in [1.54, 1.807) is 0 Å². The van der Waals surface area contributed by atoms with Gasteiger partial charge in [0.15, 0.2) is 6.61 Å². The molecular formula is C17H15N3O3. The van der Waals surface area contributed by atoms with E-state index in [4.69, 9.17) is 9.47 Å². The molecule has 6 nitrogen and oxygen atoms in total. The Balaban J connectivity index is 1.83. The van der Waals surface area contributed by atoms with Crippen LogP contribution < -0.4 is 14.8 Å². The van der Waals surface area contributed by atoms with Crippen molar-refractivity contribution in [3.8, 4) is 22.8 Å². The molecule has 0 atom stereocenters. The number of hydrogen-bond donors (Lipinski definition) is 2. The van der Waals surface area contributed by atoms with Gasteiger partial charge in [0.2, 0.25) is 0 Å². The van der Waals surface area contributed by atoms with E-state index in [0.717, 1.165) is 27.9 Å². The van der Waals surface area contributed by atoms with Crippen LogP contribution >= 0.6 is 0 Å². The molecule has 1 aliphatic heterocycles. The van der Waals surface area contributed by atoms with Crippen molar-refractivity contribution >= 4 is 16.8 Å². The molecule has 1 aliphatic rings. The Labute approximate surface area is 132 Å². The van der Waals surface area contributed by atoms with E-state index >= 15 is 0 Å². The number of nitrogens with zero attached hydrogens (tertiary/aromatic N) is 1. The highest BCUT2D eigenvalue weighted by Crippen LogP contribution is 2.31. The Bertz CT molecular complexity index is 872. The molecule has 0 spiro atoms. The maximum Gasteiger partial charge on any atom is 0.258 e. The topological polar surface area (TPSA) is 76.2 Å². The van der Waals surface area contributed by atoms with Gasteiger partial charge in [-0.2, -0.15) is 5.10 Å². The van der Waals surface area contributed by atoms with Gasteiger partial charge in [-0.15, -0.1) is 0 Å². The molecule has 1 aromatic heterocycles. The third-order valence-electron chi connectivity index (χ3n) is 3.70. The number of nitrogens with one attached hydrogen (secondary N) is 2. The lowest BCUT2D eigenvalue weighted by Crippen LogP contribution is -2.32. The number of ether oxygens (including phenoxy) is 2. The maximum absolute atomic E-state index is 11.7. The van der Waals surface area contributed by atoms with Crippen molar-refractivity contribution in [2.45, 2.75) is 0 Å². The molecule has 4 bridgehead atoms. The predicted molar refractivity (Wildman–Crippen MR) is 85.5 cm³/mol. The van der Waals surface area contributed by atoms with Crippen molar-refractivity contribution in [1.82, 2.24) is 15.5 Å². The van der Waals surface area contributed by atoms with Gasteiger partial charge in [0.1, 0.15) is 23.8 Å². The zero-order valence-electron chi connectivity index (χ0n) is 12.3. The molecule has 0 aliphatic carbocycles. The van der Waals surface area contributed by atoms with Crippen LogP contribution in [0.3, 0.4) is 0 Å². The second-order valence-corrected chi connectivity index (χ2v) is 5.29. The minimum Gasteiger partial charge on any atom is -0.492 e. The Morgan fingerprint density at radius 1 is 1.04 bits per heavy atom. The van der Waals surface area contributed by atoms with Crippen LogP contribution in [0.2, 0.25) is 0 Å². The van der Waals surface area contributed by atoms with E-state index in [2.05, 4.69) is 15.5 Å². The number of amides is 1. The van der Waals surface area contributed by atoms with Gasteiger partial charge in [-0.3, -0.25) is 9.89 Å². The van der Waals surface area contributed by atoms with Crippen LogP contribution in [0.15, 0.2) is 42.5 Å². The first kappa shape index (κ1) is 13.6. The first-order valence-electron chi connectivity index (χ1n) is 7.40. The van der Waals surface area contributed by atoms with Crippen molar-refractivity contribution in [1.29, 1.82) is 0 Å². The largest absolute Gasteiger partial charge is 0.492 e. The normalized spacial score (nSPS) is 14.7. The summed E-state index contributed by atoms with van der Waals surface area (Å²) in [5, 5.41) is 11.2. The van der Waals surface area contributed by atoms with E-state index in [9.17, 15) is 4.79 Å². The molecule has 116 valence electrons. The second-order valence-electron chi connectivity index (χ2n) is 5.29. The number of rotatable bonds is 0. The summed E-state index contributed by atoms with van der Waals surface area (Å²) < 4.78 is 11.2. The fourth-order valence-electron chi connectivity index (χ4n) is 2.60. The minimum atomic E-state index is -0.174. The fourth-order valence-corrected chi connectivity index (χ4v) is 2.60. The molecule has 3 aromatic rings. The van der Waals surface area contributed by atoms with E-state index in [0.29, 0.717) is 18.9 Å². The number of hydrogen-bond acceptors (Lipinski definition) is 4. The molecule has 2 aromatic carbocycles. The molecule has 0 saturated carbocycles. The molecule has 2 heterocycles. The highest BCUT2D eigenvalue weighted by atomic mass is 16.5. The number of carbonyl (C=O) groups is 1. The summed E-state index contributed by atoms with van der Waals surface area (Å²) in [4.78, 5) is 11.7. The van der Waals surface area contributed by atoms with Crippen molar-refractivity contribution in [3.05, 3.63) is 42.5 Å². The SMILES string of the molecule is O=C1COc2cccc(c2)-c2n[nH]c3ccc(cc23)OCCN1. The third-order valence-corrected chi connectivity index (χ3v) is 3.70. The third kappa shape index (κ3) is 2.70. The number of H-pyrrole nitrogens is 1. The number of fused-ring (bicyclic) bond motifs is 4. The summed E-state index contributed by atoms with van der Waals surface area (Å²) in [5.41, 5.74) is 2.69. The maximum atomic E-state index is 11.7. The Morgan fingerprint density at radius 2 is 1.96 bits per heavy atom. The first-order chi connectivity index (χ1) is 11.3. The summed E-state index contributed by atoms with van der Waals surface area (Å²) in [6, 6.07) is 13.3. The zero-order valence-corrected chi connectivity index (χ0v) is 12.3. The van der Waals surface area contributed by atoms with Gasteiger partial charge in [0.25, 0.3) is 5.91 Å².